The number of nitrogens with one attached hydrogen (secondary N) is 3. The van der Waals surface area contributed by atoms with Crippen molar-refractivity contribution in [1.29, 1.82) is 0 Å². The summed E-state index contributed by atoms with van der Waals surface area (Å²) in [6.45, 7) is 7.16. The minimum Gasteiger partial charge on any atom is -0.309 e. The number of imidazole rings is 1. The topological polar surface area (TPSA) is 117 Å². The first kappa shape index (κ1) is 24.7. The first-order valence-electron chi connectivity index (χ1n) is 11.3. The minimum atomic E-state index is -1.44. The molecule has 3 N–H and O–H groups in total. The third kappa shape index (κ3) is 4.37. The number of carbonyl (C=O) groups excluding carboxylic acids is 1. The van der Waals surface area contributed by atoms with Gasteiger partial charge in [-0.2, -0.15) is 5.10 Å². The highest BCUT2D eigenvalue weighted by molar-refractivity contribution is 7.84. The number of aromatic nitrogens is 5. The molecule has 190 valence electrons. The summed E-state index contributed by atoms with van der Waals surface area (Å²) in [4.78, 5) is 20.7. The van der Waals surface area contributed by atoms with Crippen molar-refractivity contribution in [2.45, 2.75) is 51.1 Å². The molecule has 1 saturated carbocycles. The van der Waals surface area contributed by atoms with E-state index in [1.54, 1.807) is 23.7 Å². The first-order chi connectivity index (χ1) is 17.0. The lowest BCUT2D eigenvalue weighted by Crippen LogP contribution is -2.35. The van der Waals surface area contributed by atoms with E-state index in [-0.39, 0.29) is 22.8 Å². The van der Waals surface area contributed by atoms with Gasteiger partial charge in [-0.05, 0) is 34.1 Å². The third-order valence-corrected chi connectivity index (χ3v) is 8.03. The molecular weight excluding hydrogens is 512 g/mol. The highest BCUT2D eigenvalue weighted by atomic mass is 35.5. The van der Waals surface area contributed by atoms with Crippen LogP contribution in [-0.2, 0) is 15.8 Å². The zero-order chi connectivity index (χ0) is 25.9. The maximum Gasteiger partial charge on any atom is 0.231 e. The van der Waals surface area contributed by atoms with Gasteiger partial charge in [0.2, 0.25) is 5.91 Å². The van der Waals surface area contributed by atoms with E-state index in [0.717, 1.165) is 0 Å². The molecule has 1 aliphatic rings. The van der Waals surface area contributed by atoms with E-state index in [1.807, 2.05) is 20.8 Å². The molecular formula is C23H24ClF2N7O2S. The van der Waals surface area contributed by atoms with Crippen LogP contribution in [0.3, 0.4) is 0 Å². The molecule has 0 spiro atoms. The molecule has 1 aromatic carbocycles. The van der Waals surface area contributed by atoms with Crippen molar-refractivity contribution >= 4 is 50.9 Å². The number of benzene rings is 1. The number of amides is 1. The van der Waals surface area contributed by atoms with Crippen LogP contribution in [0, 0.1) is 11.7 Å². The Bertz CT molecular complexity index is 1530. The summed E-state index contributed by atoms with van der Waals surface area (Å²) in [6, 6.07) is -0.634. The Morgan fingerprint density at radius 1 is 1.33 bits per heavy atom. The molecule has 1 unspecified atom stereocenters. The van der Waals surface area contributed by atoms with E-state index < -0.39 is 45.6 Å². The van der Waals surface area contributed by atoms with Crippen molar-refractivity contribution in [1.82, 2.24) is 29.3 Å². The summed E-state index contributed by atoms with van der Waals surface area (Å²) < 4.78 is 45.5. The molecule has 36 heavy (non-hydrogen) atoms. The van der Waals surface area contributed by atoms with E-state index in [4.69, 9.17) is 11.6 Å². The van der Waals surface area contributed by atoms with Crippen LogP contribution in [0.25, 0.3) is 27.8 Å². The second-order valence-electron chi connectivity index (χ2n) is 9.81. The van der Waals surface area contributed by atoms with Crippen LogP contribution < -0.4 is 10.0 Å². The summed E-state index contributed by atoms with van der Waals surface area (Å²) in [5.41, 5.74) is 1.73. The van der Waals surface area contributed by atoms with Crippen LogP contribution in [0.1, 0.15) is 45.7 Å². The number of aromatic amines is 1. The second kappa shape index (κ2) is 8.86. The predicted octanol–water partition coefficient (Wildman–Crippen LogP) is 4.47. The molecule has 4 aromatic rings. The Balaban J connectivity index is 1.53. The molecule has 1 fully saturated rings. The van der Waals surface area contributed by atoms with Crippen molar-refractivity contribution in [3.05, 3.63) is 41.2 Å². The molecule has 5 rings (SSSR count). The fourth-order valence-corrected chi connectivity index (χ4v) is 5.03. The number of anilines is 1. The van der Waals surface area contributed by atoms with E-state index in [1.165, 1.54) is 12.4 Å². The normalized spacial score (nSPS) is 19.5. The molecule has 0 radical (unpaired) electrons. The van der Waals surface area contributed by atoms with E-state index >= 15 is 4.39 Å². The van der Waals surface area contributed by atoms with Crippen molar-refractivity contribution < 1.29 is 17.8 Å². The summed E-state index contributed by atoms with van der Waals surface area (Å²) in [6.07, 6.45) is 5.26. The van der Waals surface area contributed by atoms with Crippen molar-refractivity contribution in [2.24, 2.45) is 5.92 Å². The quantitative estimate of drug-likeness (QED) is 0.337. The first-order valence-corrected chi connectivity index (χ1v) is 12.8. The van der Waals surface area contributed by atoms with E-state index in [0.29, 0.717) is 27.8 Å². The third-order valence-electron chi connectivity index (χ3n) is 6.00. The lowest BCUT2D eigenvalue weighted by molar-refractivity contribution is -0.117. The molecule has 0 bridgehead atoms. The smallest absolute Gasteiger partial charge is 0.231 e. The van der Waals surface area contributed by atoms with Crippen molar-refractivity contribution in [2.75, 3.05) is 5.32 Å². The summed E-state index contributed by atoms with van der Waals surface area (Å²) >= 11 is 6.54. The number of hydrogen-bond acceptors (Lipinski definition) is 5. The van der Waals surface area contributed by atoms with Gasteiger partial charge in [0.05, 0.1) is 56.5 Å². The van der Waals surface area contributed by atoms with Crippen molar-refractivity contribution in [3.8, 4) is 11.3 Å². The fraction of sp³-hybridized carbons (Fsp3) is 0.391. The summed E-state index contributed by atoms with van der Waals surface area (Å²) in [7, 11) is -1.44. The Morgan fingerprint density at radius 3 is 2.72 bits per heavy atom. The number of alkyl halides is 1. The molecule has 0 saturated heterocycles. The maximum atomic E-state index is 15.7. The monoisotopic (exact) mass is 535 g/mol. The second-order valence-corrected chi connectivity index (χ2v) is 12.2. The average molecular weight is 536 g/mol. The summed E-state index contributed by atoms with van der Waals surface area (Å²) in [5.74, 6) is -1.49. The highest BCUT2D eigenvalue weighted by Gasteiger charge is 2.43. The molecule has 9 nitrogen and oxygen atoms in total. The van der Waals surface area contributed by atoms with Crippen LogP contribution in [0.4, 0.5) is 14.6 Å². The Labute approximate surface area is 212 Å². The molecule has 1 aliphatic carbocycles. The zero-order valence-corrected chi connectivity index (χ0v) is 21.5. The predicted molar refractivity (Wildman–Crippen MR) is 134 cm³/mol. The molecule has 3 aromatic heterocycles. The lowest BCUT2D eigenvalue weighted by Gasteiger charge is -2.23. The highest BCUT2D eigenvalue weighted by Crippen LogP contribution is 2.40. The molecule has 3 heterocycles. The molecule has 4 atom stereocenters. The van der Waals surface area contributed by atoms with Gasteiger partial charge in [0, 0.05) is 28.8 Å². The Morgan fingerprint density at radius 2 is 2.06 bits per heavy atom. The Hall–Kier alpha value is -2.96. The van der Waals surface area contributed by atoms with Crippen molar-refractivity contribution in [3.63, 3.8) is 0 Å². The van der Waals surface area contributed by atoms with Crippen LogP contribution >= 0.6 is 11.6 Å². The Kier molecular flexibility index (Phi) is 6.08. The average Bonchev–Trinajstić information content (AvgIpc) is 3.16. The number of carbonyl (C=O) groups is 1. The van der Waals surface area contributed by atoms with Gasteiger partial charge in [-0.15, -0.1) is 0 Å². The van der Waals surface area contributed by atoms with Gasteiger partial charge in [-0.25, -0.2) is 22.7 Å². The van der Waals surface area contributed by atoms with Crippen LogP contribution in [0.2, 0.25) is 5.02 Å². The number of H-pyrrole nitrogens is 1. The van der Waals surface area contributed by atoms with E-state index in [9.17, 15) is 13.4 Å². The summed E-state index contributed by atoms with van der Waals surface area (Å²) in [5, 5.41) is 9.90. The molecule has 13 heteroatoms. The zero-order valence-electron chi connectivity index (χ0n) is 19.9. The molecule has 0 aliphatic heterocycles. The number of halogens is 3. The fourth-order valence-electron chi connectivity index (χ4n) is 3.93. The lowest BCUT2D eigenvalue weighted by atomic mass is 9.99. The standard InChI is InChI=1S/C23H24ClF2N7O2S/c1-10(32-36(35)23(2,3)4)17-20(26)19(24)18(12-6-28-31-21(12)17)14-8-33-9-15(29-16(33)7-27-14)30-22(34)11-5-13(11)25/h6-11,13,32H,5H2,1-4H3,(H,28,31)(H,30,34)/t10-,11-,13+,36?/m1/s1. The number of rotatable bonds is 6. The maximum absolute atomic E-state index is 15.7. The van der Waals surface area contributed by atoms with Crippen LogP contribution in [0.5, 0.6) is 0 Å². The van der Waals surface area contributed by atoms with E-state index in [2.05, 4.69) is 30.2 Å². The van der Waals surface area contributed by atoms with Gasteiger partial charge in [0.1, 0.15) is 12.0 Å². The van der Waals surface area contributed by atoms with Gasteiger partial charge in [0.15, 0.2) is 11.5 Å². The van der Waals surface area contributed by atoms with Crippen LogP contribution in [-0.4, -0.2) is 45.6 Å². The molecule has 1 amide bonds. The minimum absolute atomic E-state index is 0.155. The SMILES string of the molecule is C[C@@H](NS(=O)C(C)(C)C)c1c(F)c(Cl)c(-c2cn3cc(NC(=O)[C@@H]4C[C@@H]4F)nc3cn2)c2cn[nH]c12. The number of nitrogens with zero attached hydrogens (tertiary/aromatic N) is 4. The van der Waals surface area contributed by atoms with Gasteiger partial charge in [0.25, 0.3) is 0 Å². The largest absolute Gasteiger partial charge is 0.309 e. The number of fused-ring (bicyclic) bond motifs is 2. The van der Waals surface area contributed by atoms with Gasteiger partial charge >= 0.3 is 0 Å². The van der Waals surface area contributed by atoms with Gasteiger partial charge in [-0.3, -0.25) is 14.9 Å². The van der Waals surface area contributed by atoms with Gasteiger partial charge in [-0.1, -0.05) is 11.6 Å². The van der Waals surface area contributed by atoms with Crippen LogP contribution in [0.15, 0.2) is 24.8 Å². The number of hydrogen-bond donors (Lipinski definition) is 3. The van der Waals surface area contributed by atoms with Gasteiger partial charge < -0.3 is 9.72 Å².